The number of hydrogen-bond donors (Lipinski definition) is 2. The molecule has 0 fully saturated rings. The molecule has 0 radical (unpaired) electrons. The standard InChI is InChI=1S/C10H10BrClN2/c1-2-3-10(14-13)7-4-5-9(12)8(11)6-7/h1,4-6,10,14H,3,13H2. The monoisotopic (exact) mass is 272 g/mol. The summed E-state index contributed by atoms with van der Waals surface area (Å²) in [4.78, 5) is 0. The van der Waals surface area contributed by atoms with Crippen LogP contribution in [0.1, 0.15) is 18.0 Å². The maximum Gasteiger partial charge on any atom is 0.0569 e. The molecule has 74 valence electrons. The second-order valence-electron chi connectivity index (χ2n) is 2.80. The molecule has 1 aromatic carbocycles. The third kappa shape index (κ3) is 2.73. The molecule has 0 saturated carbocycles. The molecule has 14 heavy (non-hydrogen) atoms. The van der Waals surface area contributed by atoms with Crippen molar-refractivity contribution in [2.24, 2.45) is 5.84 Å². The summed E-state index contributed by atoms with van der Waals surface area (Å²) in [5.74, 6) is 7.95. The first-order valence-electron chi connectivity index (χ1n) is 4.03. The minimum atomic E-state index is -0.0337. The number of benzene rings is 1. The van der Waals surface area contributed by atoms with Crippen LogP contribution < -0.4 is 11.3 Å². The lowest BCUT2D eigenvalue weighted by Gasteiger charge is -2.13. The van der Waals surface area contributed by atoms with E-state index >= 15 is 0 Å². The summed E-state index contributed by atoms with van der Waals surface area (Å²) < 4.78 is 0.842. The van der Waals surface area contributed by atoms with E-state index in [1.165, 1.54) is 0 Å². The summed E-state index contributed by atoms with van der Waals surface area (Å²) in [5, 5.41) is 0.672. The molecule has 2 nitrogen and oxygen atoms in total. The number of hydrazine groups is 1. The van der Waals surface area contributed by atoms with E-state index < -0.39 is 0 Å². The molecule has 1 atom stereocenters. The Morgan fingerprint density at radius 3 is 2.86 bits per heavy atom. The molecule has 3 N–H and O–H groups in total. The Labute approximate surface area is 96.9 Å². The number of rotatable bonds is 3. The van der Waals surface area contributed by atoms with Gasteiger partial charge in [0.1, 0.15) is 0 Å². The highest BCUT2D eigenvalue weighted by atomic mass is 79.9. The van der Waals surface area contributed by atoms with Crippen LogP contribution in [0.5, 0.6) is 0 Å². The zero-order valence-corrected chi connectivity index (χ0v) is 9.77. The fourth-order valence-corrected chi connectivity index (χ4v) is 1.63. The average molecular weight is 274 g/mol. The number of terminal acetylenes is 1. The first-order chi connectivity index (χ1) is 6.69. The summed E-state index contributed by atoms with van der Waals surface area (Å²) in [5.41, 5.74) is 3.68. The highest BCUT2D eigenvalue weighted by Crippen LogP contribution is 2.26. The lowest BCUT2D eigenvalue weighted by atomic mass is 10.1. The van der Waals surface area contributed by atoms with Gasteiger partial charge in [-0.15, -0.1) is 12.3 Å². The summed E-state index contributed by atoms with van der Waals surface area (Å²) >= 11 is 9.21. The summed E-state index contributed by atoms with van der Waals surface area (Å²) in [6.45, 7) is 0. The van der Waals surface area contributed by atoms with E-state index in [1.54, 1.807) is 0 Å². The average Bonchev–Trinajstić information content (AvgIpc) is 2.19. The highest BCUT2D eigenvalue weighted by molar-refractivity contribution is 9.10. The van der Waals surface area contributed by atoms with Gasteiger partial charge in [-0.05, 0) is 33.6 Å². The fraction of sp³-hybridized carbons (Fsp3) is 0.200. The van der Waals surface area contributed by atoms with Crippen LogP contribution in [0, 0.1) is 12.3 Å². The molecule has 0 aliphatic heterocycles. The zero-order valence-electron chi connectivity index (χ0n) is 7.43. The van der Waals surface area contributed by atoms with Gasteiger partial charge >= 0.3 is 0 Å². The largest absolute Gasteiger partial charge is 0.271 e. The Bertz CT molecular complexity index is 360. The van der Waals surface area contributed by atoms with Crippen LogP contribution in [0.15, 0.2) is 22.7 Å². The Hall–Kier alpha value is -0.530. The molecule has 0 bridgehead atoms. The molecule has 0 saturated heterocycles. The van der Waals surface area contributed by atoms with Crippen molar-refractivity contribution in [3.63, 3.8) is 0 Å². The molecule has 0 aliphatic rings. The van der Waals surface area contributed by atoms with Crippen LogP contribution in [0.3, 0.4) is 0 Å². The number of nitrogens with one attached hydrogen (secondary N) is 1. The van der Waals surface area contributed by atoms with Gasteiger partial charge in [0.05, 0.1) is 11.1 Å². The normalized spacial score (nSPS) is 12.1. The van der Waals surface area contributed by atoms with Crippen LogP contribution in [0.25, 0.3) is 0 Å². The van der Waals surface area contributed by atoms with E-state index in [-0.39, 0.29) is 6.04 Å². The molecule has 0 aromatic heterocycles. The maximum atomic E-state index is 5.87. The first kappa shape index (κ1) is 11.5. The van der Waals surface area contributed by atoms with Crippen molar-refractivity contribution < 1.29 is 0 Å². The van der Waals surface area contributed by atoms with Crippen LogP contribution in [-0.2, 0) is 0 Å². The number of nitrogens with two attached hydrogens (primary N) is 1. The van der Waals surface area contributed by atoms with Crippen LogP contribution in [0.2, 0.25) is 5.02 Å². The van der Waals surface area contributed by atoms with Crippen molar-refractivity contribution in [3.8, 4) is 12.3 Å². The quantitative estimate of drug-likeness (QED) is 0.505. The molecular weight excluding hydrogens is 263 g/mol. The minimum Gasteiger partial charge on any atom is -0.271 e. The molecule has 0 aliphatic carbocycles. The predicted molar refractivity (Wildman–Crippen MR) is 62.7 cm³/mol. The second kappa shape index (κ2) is 5.38. The Morgan fingerprint density at radius 1 is 1.64 bits per heavy atom. The predicted octanol–water partition coefficient (Wildman–Crippen LogP) is 2.63. The van der Waals surface area contributed by atoms with Crippen molar-refractivity contribution in [1.82, 2.24) is 5.43 Å². The van der Waals surface area contributed by atoms with Crippen LogP contribution in [0.4, 0.5) is 0 Å². The lowest BCUT2D eigenvalue weighted by molar-refractivity contribution is 0.568. The number of hydrogen-bond acceptors (Lipinski definition) is 2. The molecule has 1 rings (SSSR count). The molecule has 0 amide bonds. The van der Waals surface area contributed by atoms with Gasteiger partial charge in [-0.25, -0.2) is 0 Å². The lowest BCUT2D eigenvalue weighted by Crippen LogP contribution is -2.27. The van der Waals surface area contributed by atoms with Crippen molar-refractivity contribution in [3.05, 3.63) is 33.3 Å². The third-order valence-electron chi connectivity index (χ3n) is 1.87. The van der Waals surface area contributed by atoms with E-state index in [1.807, 2.05) is 18.2 Å². The molecule has 0 spiro atoms. The van der Waals surface area contributed by atoms with E-state index in [0.717, 1.165) is 10.0 Å². The van der Waals surface area contributed by atoms with Crippen molar-refractivity contribution >= 4 is 27.5 Å². The maximum absolute atomic E-state index is 5.87. The topological polar surface area (TPSA) is 38.0 Å². The molecule has 1 unspecified atom stereocenters. The van der Waals surface area contributed by atoms with Gasteiger partial charge in [-0.2, -0.15) is 0 Å². The molecule has 1 aromatic rings. The second-order valence-corrected chi connectivity index (χ2v) is 4.06. The van der Waals surface area contributed by atoms with Gasteiger partial charge in [-0.1, -0.05) is 17.7 Å². The van der Waals surface area contributed by atoms with Crippen LogP contribution in [-0.4, -0.2) is 0 Å². The minimum absolute atomic E-state index is 0.0337. The number of halogens is 2. The van der Waals surface area contributed by atoms with E-state index in [4.69, 9.17) is 23.9 Å². The summed E-state index contributed by atoms with van der Waals surface area (Å²) in [7, 11) is 0. The van der Waals surface area contributed by atoms with Crippen molar-refractivity contribution in [2.45, 2.75) is 12.5 Å². The van der Waals surface area contributed by atoms with Gasteiger partial charge in [-0.3, -0.25) is 11.3 Å². The molecular formula is C10H10BrClN2. The van der Waals surface area contributed by atoms with E-state index in [2.05, 4.69) is 27.3 Å². The van der Waals surface area contributed by atoms with Crippen molar-refractivity contribution in [2.75, 3.05) is 0 Å². The third-order valence-corrected chi connectivity index (χ3v) is 3.08. The molecule has 0 heterocycles. The first-order valence-corrected chi connectivity index (χ1v) is 5.20. The Balaban J connectivity index is 2.95. The van der Waals surface area contributed by atoms with Gasteiger partial charge in [0.2, 0.25) is 0 Å². The van der Waals surface area contributed by atoms with Gasteiger partial charge in [0.25, 0.3) is 0 Å². The van der Waals surface area contributed by atoms with Gasteiger partial charge in [0.15, 0.2) is 0 Å². The highest BCUT2D eigenvalue weighted by Gasteiger charge is 2.09. The summed E-state index contributed by atoms with van der Waals surface area (Å²) in [6.07, 6.45) is 5.77. The molecule has 4 heteroatoms. The summed E-state index contributed by atoms with van der Waals surface area (Å²) in [6, 6.07) is 5.58. The smallest absolute Gasteiger partial charge is 0.0569 e. The van der Waals surface area contributed by atoms with E-state index in [9.17, 15) is 0 Å². The SMILES string of the molecule is C#CCC(NN)c1ccc(Cl)c(Br)c1. The van der Waals surface area contributed by atoms with Gasteiger partial charge < -0.3 is 0 Å². The Kier molecular flexibility index (Phi) is 4.43. The zero-order chi connectivity index (χ0) is 10.6. The van der Waals surface area contributed by atoms with Crippen molar-refractivity contribution in [1.29, 1.82) is 0 Å². The van der Waals surface area contributed by atoms with Crippen LogP contribution >= 0.6 is 27.5 Å². The van der Waals surface area contributed by atoms with Gasteiger partial charge in [0, 0.05) is 10.9 Å². The fourth-order valence-electron chi connectivity index (χ4n) is 1.12. The Morgan fingerprint density at radius 2 is 2.36 bits per heavy atom. The van der Waals surface area contributed by atoms with E-state index in [0.29, 0.717) is 11.4 Å².